The van der Waals surface area contributed by atoms with Crippen molar-refractivity contribution in [2.24, 2.45) is 0 Å². The molecule has 1 N–H and O–H groups in total. The van der Waals surface area contributed by atoms with Gasteiger partial charge in [-0.25, -0.2) is 4.39 Å². The second kappa shape index (κ2) is 8.31. The maximum Gasteiger partial charge on any atom is 0.275 e. The number of nitrogens with zero attached hydrogens (tertiary/aromatic N) is 2. The maximum absolute atomic E-state index is 13.5. The first-order valence-corrected chi connectivity index (χ1v) is 9.64. The fourth-order valence-electron chi connectivity index (χ4n) is 3.12. The molecule has 1 aliphatic heterocycles. The van der Waals surface area contributed by atoms with E-state index in [0.29, 0.717) is 23.3 Å². The van der Waals surface area contributed by atoms with Crippen LogP contribution in [0.4, 0.5) is 4.39 Å². The Hall–Kier alpha value is -1.73. The number of nitrogens with one attached hydrogen (secondary N) is 1. The molecular formula is C19H23BrFN3O2. The molecule has 1 atom stereocenters. The summed E-state index contributed by atoms with van der Waals surface area (Å²) in [7, 11) is 0. The molecular weight excluding hydrogens is 401 g/mol. The van der Waals surface area contributed by atoms with Gasteiger partial charge < -0.3 is 9.64 Å². The average molecular weight is 424 g/mol. The van der Waals surface area contributed by atoms with Crippen molar-refractivity contribution in [2.75, 3.05) is 13.2 Å². The first-order chi connectivity index (χ1) is 12.5. The molecule has 3 rings (SSSR count). The molecule has 1 saturated heterocycles. The topological polar surface area (TPSA) is 58.2 Å². The van der Waals surface area contributed by atoms with E-state index in [1.54, 1.807) is 11.0 Å². The van der Waals surface area contributed by atoms with Crippen molar-refractivity contribution in [1.82, 2.24) is 15.1 Å². The van der Waals surface area contributed by atoms with Crippen molar-refractivity contribution < 1.29 is 13.9 Å². The number of benzene rings is 1. The minimum Gasteiger partial charge on any atom is -0.376 e. The van der Waals surface area contributed by atoms with E-state index in [2.05, 4.69) is 26.1 Å². The zero-order chi connectivity index (χ0) is 18.7. The normalized spacial score (nSPS) is 17.0. The fraction of sp³-hybridized carbons (Fsp3) is 0.474. The Bertz CT molecular complexity index is 772. The van der Waals surface area contributed by atoms with Crippen molar-refractivity contribution >= 4 is 21.8 Å². The number of carbonyl (C=O) groups excluding carboxylic acids is 1. The quantitative estimate of drug-likeness (QED) is 0.754. The molecule has 1 fully saturated rings. The number of halogens is 2. The third-order valence-corrected chi connectivity index (χ3v) is 5.31. The fourth-order valence-corrected chi connectivity index (χ4v) is 3.93. The second-order valence-corrected chi connectivity index (χ2v) is 7.70. The Morgan fingerprint density at radius 2 is 2.31 bits per heavy atom. The molecule has 0 saturated carbocycles. The lowest BCUT2D eigenvalue weighted by Gasteiger charge is -2.25. The van der Waals surface area contributed by atoms with Gasteiger partial charge in [-0.2, -0.15) is 5.10 Å². The lowest BCUT2D eigenvalue weighted by molar-refractivity contribution is 0.0502. The number of rotatable bonds is 6. The number of H-pyrrole nitrogens is 1. The van der Waals surface area contributed by atoms with Crippen LogP contribution in [-0.4, -0.2) is 40.3 Å². The number of amides is 1. The van der Waals surface area contributed by atoms with Crippen LogP contribution < -0.4 is 0 Å². The number of aromatic amines is 1. The smallest absolute Gasteiger partial charge is 0.275 e. The van der Waals surface area contributed by atoms with Crippen LogP contribution in [0.5, 0.6) is 0 Å². The van der Waals surface area contributed by atoms with E-state index in [9.17, 15) is 9.18 Å². The van der Waals surface area contributed by atoms with Crippen molar-refractivity contribution in [3.8, 4) is 0 Å². The van der Waals surface area contributed by atoms with Gasteiger partial charge in [0.25, 0.3) is 5.91 Å². The van der Waals surface area contributed by atoms with Gasteiger partial charge in [0.05, 0.1) is 16.3 Å². The Morgan fingerprint density at radius 3 is 2.92 bits per heavy atom. The highest BCUT2D eigenvalue weighted by molar-refractivity contribution is 9.10. The highest BCUT2D eigenvalue weighted by Crippen LogP contribution is 2.27. The highest BCUT2D eigenvalue weighted by Gasteiger charge is 2.28. The number of aromatic nitrogens is 2. The van der Waals surface area contributed by atoms with Crippen LogP contribution in [0.15, 0.2) is 28.7 Å². The molecule has 1 aliphatic rings. The molecule has 0 spiro atoms. The summed E-state index contributed by atoms with van der Waals surface area (Å²) in [6, 6.07) is 6.32. The standard InChI is InChI=1S/C19H23BrFN3O2/c1-12(2)17-16(20)18(23-22-17)19(25)24(11-15-7-4-8-26-15)10-13-5-3-6-14(21)9-13/h3,5-6,9,12,15H,4,7-8,10-11H2,1-2H3,(H,22,23). The molecule has 140 valence electrons. The monoisotopic (exact) mass is 423 g/mol. The van der Waals surface area contributed by atoms with Crippen LogP contribution in [0, 0.1) is 5.82 Å². The van der Waals surface area contributed by atoms with Crippen molar-refractivity contribution in [1.29, 1.82) is 0 Å². The van der Waals surface area contributed by atoms with Crippen LogP contribution in [0.3, 0.4) is 0 Å². The summed E-state index contributed by atoms with van der Waals surface area (Å²) in [4.78, 5) is 14.8. The number of hydrogen-bond donors (Lipinski definition) is 1. The molecule has 26 heavy (non-hydrogen) atoms. The first kappa shape index (κ1) is 19.0. The summed E-state index contributed by atoms with van der Waals surface area (Å²) in [5.41, 5.74) is 1.98. The Labute approximate surface area is 161 Å². The van der Waals surface area contributed by atoms with E-state index in [1.165, 1.54) is 12.1 Å². The summed E-state index contributed by atoms with van der Waals surface area (Å²) >= 11 is 3.50. The van der Waals surface area contributed by atoms with E-state index in [4.69, 9.17) is 4.74 Å². The summed E-state index contributed by atoms with van der Waals surface area (Å²) in [5, 5.41) is 7.15. The van der Waals surface area contributed by atoms with Crippen LogP contribution in [0.1, 0.15) is 54.4 Å². The van der Waals surface area contributed by atoms with Crippen LogP contribution in [0.2, 0.25) is 0 Å². The second-order valence-electron chi connectivity index (χ2n) is 6.91. The molecule has 2 aromatic rings. The van der Waals surface area contributed by atoms with Gasteiger partial charge in [-0.1, -0.05) is 26.0 Å². The summed E-state index contributed by atoms with van der Waals surface area (Å²) in [5.74, 6) is -0.289. The Kier molecular flexibility index (Phi) is 6.09. The van der Waals surface area contributed by atoms with Crippen molar-refractivity contribution in [3.63, 3.8) is 0 Å². The van der Waals surface area contributed by atoms with Crippen LogP contribution >= 0.6 is 15.9 Å². The molecule has 2 heterocycles. The number of ether oxygens (including phenoxy) is 1. The van der Waals surface area contributed by atoms with Crippen LogP contribution in [-0.2, 0) is 11.3 Å². The highest BCUT2D eigenvalue weighted by atomic mass is 79.9. The minimum absolute atomic E-state index is 0.00907. The first-order valence-electron chi connectivity index (χ1n) is 8.84. The van der Waals surface area contributed by atoms with Gasteiger partial charge in [-0.3, -0.25) is 9.89 Å². The molecule has 1 unspecified atom stereocenters. The van der Waals surface area contributed by atoms with Gasteiger partial charge in [-0.15, -0.1) is 0 Å². The van der Waals surface area contributed by atoms with Crippen LogP contribution in [0.25, 0.3) is 0 Å². The third kappa shape index (κ3) is 4.32. The van der Waals surface area contributed by atoms with Crippen molar-refractivity contribution in [2.45, 2.75) is 45.3 Å². The molecule has 1 aromatic carbocycles. The van der Waals surface area contributed by atoms with Gasteiger partial charge in [0.15, 0.2) is 5.69 Å². The maximum atomic E-state index is 13.5. The summed E-state index contributed by atoms with van der Waals surface area (Å²) in [6.45, 7) is 5.56. The lowest BCUT2D eigenvalue weighted by atomic mass is 10.1. The third-order valence-electron chi connectivity index (χ3n) is 4.51. The number of hydrogen-bond acceptors (Lipinski definition) is 3. The summed E-state index contributed by atoms with van der Waals surface area (Å²) < 4.78 is 19.9. The molecule has 1 amide bonds. The molecule has 0 bridgehead atoms. The minimum atomic E-state index is -0.310. The van der Waals surface area contributed by atoms with Gasteiger partial charge >= 0.3 is 0 Å². The van der Waals surface area contributed by atoms with E-state index in [0.717, 1.165) is 30.7 Å². The van der Waals surface area contributed by atoms with Gasteiger partial charge in [-0.05, 0) is 52.4 Å². The Balaban J connectivity index is 1.85. The van der Waals surface area contributed by atoms with E-state index in [-0.39, 0.29) is 23.7 Å². The molecule has 7 heteroatoms. The van der Waals surface area contributed by atoms with Crippen molar-refractivity contribution in [3.05, 3.63) is 51.5 Å². The largest absolute Gasteiger partial charge is 0.376 e. The predicted octanol–water partition coefficient (Wildman–Crippen LogP) is 4.26. The zero-order valence-electron chi connectivity index (χ0n) is 15.0. The molecule has 1 aromatic heterocycles. The molecule has 0 radical (unpaired) electrons. The molecule has 5 nitrogen and oxygen atoms in total. The van der Waals surface area contributed by atoms with Gasteiger partial charge in [0.1, 0.15) is 5.82 Å². The van der Waals surface area contributed by atoms with E-state index in [1.807, 2.05) is 19.9 Å². The predicted molar refractivity (Wildman–Crippen MR) is 100 cm³/mol. The molecule has 0 aliphatic carbocycles. The lowest BCUT2D eigenvalue weighted by Crippen LogP contribution is -2.37. The van der Waals surface area contributed by atoms with Gasteiger partial charge in [0, 0.05) is 19.7 Å². The zero-order valence-corrected chi connectivity index (χ0v) is 16.6. The van der Waals surface area contributed by atoms with E-state index >= 15 is 0 Å². The summed E-state index contributed by atoms with van der Waals surface area (Å²) in [6.07, 6.45) is 1.93. The SMILES string of the molecule is CC(C)c1[nH]nc(C(=O)N(Cc2cccc(F)c2)CC2CCCO2)c1Br. The van der Waals surface area contributed by atoms with Gasteiger partial charge in [0.2, 0.25) is 0 Å². The Morgan fingerprint density at radius 1 is 1.50 bits per heavy atom. The van der Waals surface area contributed by atoms with E-state index < -0.39 is 0 Å². The average Bonchev–Trinajstić information content (AvgIpc) is 3.23. The number of carbonyl (C=O) groups is 1.